The van der Waals surface area contributed by atoms with Crippen molar-refractivity contribution in [1.82, 2.24) is 25.2 Å². The molecule has 2 amide bonds. The number of hydrogen-bond acceptors (Lipinski definition) is 5. The predicted octanol–water partition coefficient (Wildman–Crippen LogP) is 2.48. The number of anilines is 1. The largest absolute Gasteiger partial charge is 0.336 e. The number of nitrogens with zero attached hydrogens (tertiary/aromatic N) is 4. The average molecular weight is 336 g/mol. The van der Waals surface area contributed by atoms with E-state index in [0.29, 0.717) is 12.4 Å². The molecule has 0 spiro atoms. The minimum atomic E-state index is -0.269. The molecule has 8 heteroatoms. The van der Waals surface area contributed by atoms with Crippen molar-refractivity contribution >= 4 is 23.2 Å². The molecule has 2 heterocycles. The number of aromatic nitrogens is 3. The van der Waals surface area contributed by atoms with Crippen molar-refractivity contribution < 1.29 is 4.79 Å². The summed E-state index contributed by atoms with van der Waals surface area (Å²) in [4.78, 5) is 15.4. The second-order valence-corrected chi connectivity index (χ2v) is 6.60. The highest BCUT2D eigenvalue weighted by atomic mass is 32.1. The van der Waals surface area contributed by atoms with Crippen LogP contribution in [0.4, 0.5) is 10.6 Å². The molecule has 0 fully saturated rings. The third-order valence-electron chi connectivity index (χ3n) is 3.52. The highest BCUT2D eigenvalue weighted by Gasteiger charge is 2.18. The Hall–Kier alpha value is -1.93. The Morgan fingerprint density at radius 3 is 2.87 bits per heavy atom. The van der Waals surface area contributed by atoms with Gasteiger partial charge in [0.15, 0.2) is 5.82 Å². The first-order valence-corrected chi connectivity index (χ1v) is 8.54. The highest BCUT2D eigenvalue weighted by Crippen LogP contribution is 2.26. The fourth-order valence-corrected chi connectivity index (χ4v) is 3.40. The first kappa shape index (κ1) is 17.4. The Kier molecular flexibility index (Phi) is 6.12. The minimum absolute atomic E-state index is 0.150. The lowest BCUT2D eigenvalue weighted by Crippen LogP contribution is -2.36. The van der Waals surface area contributed by atoms with Crippen LogP contribution in [-0.4, -0.2) is 46.6 Å². The molecule has 0 saturated heterocycles. The van der Waals surface area contributed by atoms with Gasteiger partial charge in [0.2, 0.25) is 0 Å². The van der Waals surface area contributed by atoms with Crippen molar-refractivity contribution in [2.24, 2.45) is 0 Å². The molecule has 0 saturated carbocycles. The van der Waals surface area contributed by atoms with Crippen molar-refractivity contribution in [3.63, 3.8) is 0 Å². The maximum atomic E-state index is 12.0. The van der Waals surface area contributed by atoms with Gasteiger partial charge < -0.3 is 10.2 Å². The molecule has 0 radical (unpaired) electrons. The summed E-state index contributed by atoms with van der Waals surface area (Å²) in [6.45, 7) is 5.48. The van der Waals surface area contributed by atoms with Crippen molar-refractivity contribution in [3.8, 4) is 0 Å². The van der Waals surface area contributed by atoms with E-state index in [-0.39, 0.29) is 12.1 Å². The van der Waals surface area contributed by atoms with Crippen LogP contribution in [0.1, 0.15) is 29.8 Å². The summed E-state index contributed by atoms with van der Waals surface area (Å²) in [6.07, 6.45) is 2.70. The van der Waals surface area contributed by atoms with Gasteiger partial charge in [0, 0.05) is 18.0 Å². The zero-order chi connectivity index (χ0) is 16.8. The number of thiophene rings is 1. The van der Waals surface area contributed by atoms with E-state index < -0.39 is 0 Å². The summed E-state index contributed by atoms with van der Waals surface area (Å²) >= 11 is 1.71. The van der Waals surface area contributed by atoms with Crippen LogP contribution in [0.2, 0.25) is 0 Å². The number of aryl methyl sites for hydroxylation is 2. The summed E-state index contributed by atoms with van der Waals surface area (Å²) in [5.74, 6) is 0.463. The first-order valence-electron chi connectivity index (χ1n) is 7.66. The fourth-order valence-electron chi connectivity index (χ4n) is 2.28. The van der Waals surface area contributed by atoms with Gasteiger partial charge in [-0.2, -0.15) is 0 Å². The molecule has 23 heavy (non-hydrogen) atoms. The van der Waals surface area contributed by atoms with Gasteiger partial charge >= 0.3 is 6.03 Å². The van der Waals surface area contributed by atoms with Crippen molar-refractivity contribution in [2.45, 2.75) is 32.9 Å². The van der Waals surface area contributed by atoms with Gasteiger partial charge in [0.1, 0.15) is 0 Å². The van der Waals surface area contributed by atoms with E-state index in [1.165, 1.54) is 10.4 Å². The lowest BCUT2D eigenvalue weighted by Gasteiger charge is -2.24. The summed E-state index contributed by atoms with van der Waals surface area (Å²) in [7, 11) is 4.03. The van der Waals surface area contributed by atoms with Crippen LogP contribution in [0.15, 0.2) is 17.6 Å². The van der Waals surface area contributed by atoms with E-state index in [0.717, 1.165) is 13.0 Å². The van der Waals surface area contributed by atoms with E-state index >= 15 is 0 Å². The van der Waals surface area contributed by atoms with Gasteiger partial charge in [-0.1, -0.05) is 12.1 Å². The molecule has 1 atom stereocenters. The van der Waals surface area contributed by atoms with Crippen LogP contribution < -0.4 is 10.6 Å². The number of rotatable bonds is 7. The molecule has 0 unspecified atom stereocenters. The van der Waals surface area contributed by atoms with Gasteiger partial charge in [-0.15, -0.1) is 16.4 Å². The molecule has 0 aromatic carbocycles. The standard InChI is InChI=1S/C15H24N6OS/c1-5-7-21-10-13(18-19-21)17-15(22)16-9-12(20(3)4)14-11(2)6-8-23-14/h6,8,10,12H,5,7,9H2,1-4H3,(H2,16,17,22)/t12-/m0/s1. The number of hydrogen-bond donors (Lipinski definition) is 2. The molecule has 126 valence electrons. The number of likely N-dealkylation sites (N-methyl/N-ethyl adjacent to an activating group) is 1. The fraction of sp³-hybridized carbons (Fsp3) is 0.533. The Bertz CT molecular complexity index is 635. The monoisotopic (exact) mass is 336 g/mol. The minimum Gasteiger partial charge on any atom is -0.336 e. The second kappa shape index (κ2) is 8.07. The Morgan fingerprint density at radius 1 is 1.48 bits per heavy atom. The Labute approximate surface area is 140 Å². The zero-order valence-electron chi connectivity index (χ0n) is 14.0. The van der Waals surface area contributed by atoms with E-state index in [4.69, 9.17) is 0 Å². The Morgan fingerprint density at radius 2 is 2.26 bits per heavy atom. The lowest BCUT2D eigenvalue weighted by molar-refractivity contribution is 0.243. The maximum Gasteiger partial charge on any atom is 0.320 e. The van der Waals surface area contributed by atoms with E-state index in [2.05, 4.69) is 51.1 Å². The zero-order valence-corrected chi connectivity index (χ0v) is 14.9. The smallest absolute Gasteiger partial charge is 0.320 e. The molecule has 0 aliphatic carbocycles. The van der Waals surface area contributed by atoms with Crippen LogP contribution >= 0.6 is 11.3 Å². The van der Waals surface area contributed by atoms with Crippen LogP contribution in [-0.2, 0) is 6.54 Å². The third kappa shape index (κ3) is 4.77. The molecule has 2 aromatic rings. The van der Waals surface area contributed by atoms with E-state index in [9.17, 15) is 4.79 Å². The molecule has 7 nitrogen and oxygen atoms in total. The van der Waals surface area contributed by atoms with Crippen LogP contribution in [0, 0.1) is 6.92 Å². The van der Waals surface area contributed by atoms with E-state index in [1.807, 2.05) is 14.1 Å². The number of nitrogens with one attached hydrogen (secondary N) is 2. The van der Waals surface area contributed by atoms with Crippen LogP contribution in [0.5, 0.6) is 0 Å². The molecule has 0 bridgehead atoms. The first-order chi connectivity index (χ1) is 11.0. The second-order valence-electron chi connectivity index (χ2n) is 5.65. The molecule has 2 aromatic heterocycles. The molecular formula is C15H24N6OS. The topological polar surface area (TPSA) is 75.1 Å². The molecule has 0 aliphatic heterocycles. The lowest BCUT2D eigenvalue weighted by atomic mass is 10.1. The maximum absolute atomic E-state index is 12.0. The summed E-state index contributed by atoms with van der Waals surface area (Å²) in [5, 5.41) is 15.6. The van der Waals surface area contributed by atoms with Gasteiger partial charge in [-0.05, 0) is 44.4 Å². The summed E-state index contributed by atoms with van der Waals surface area (Å²) < 4.78 is 1.72. The third-order valence-corrected chi connectivity index (χ3v) is 4.64. The number of urea groups is 1. The predicted molar refractivity (Wildman–Crippen MR) is 92.8 cm³/mol. The molecule has 2 N–H and O–H groups in total. The van der Waals surface area contributed by atoms with Gasteiger partial charge in [0.25, 0.3) is 0 Å². The summed E-state index contributed by atoms with van der Waals surface area (Å²) in [5.41, 5.74) is 1.25. The summed E-state index contributed by atoms with van der Waals surface area (Å²) in [6, 6.07) is 1.98. The molecular weight excluding hydrogens is 312 g/mol. The quantitative estimate of drug-likeness (QED) is 0.814. The van der Waals surface area contributed by atoms with Crippen molar-refractivity contribution in [2.75, 3.05) is 26.0 Å². The molecule has 0 aliphatic rings. The number of carbonyl (C=O) groups excluding carboxylic acids is 1. The average Bonchev–Trinajstić information content (AvgIpc) is 3.09. The van der Waals surface area contributed by atoms with Gasteiger partial charge in [-0.25, -0.2) is 4.79 Å². The van der Waals surface area contributed by atoms with Crippen LogP contribution in [0.25, 0.3) is 0 Å². The normalized spacial score (nSPS) is 12.4. The molecule has 2 rings (SSSR count). The Balaban J connectivity index is 1.90. The SMILES string of the molecule is CCCn1cc(NC(=O)NC[C@@H](c2sccc2C)N(C)C)nn1. The van der Waals surface area contributed by atoms with E-state index in [1.54, 1.807) is 22.2 Å². The van der Waals surface area contributed by atoms with Gasteiger partial charge in [0.05, 0.1) is 12.2 Å². The van der Waals surface area contributed by atoms with Crippen molar-refractivity contribution in [1.29, 1.82) is 0 Å². The van der Waals surface area contributed by atoms with Crippen molar-refractivity contribution in [3.05, 3.63) is 28.1 Å². The van der Waals surface area contributed by atoms with Crippen LogP contribution in [0.3, 0.4) is 0 Å². The number of carbonyl (C=O) groups is 1. The van der Waals surface area contributed by atoms with Gasteiger partial charge in [-0.3, -0.25) is 10.00 Å². The highest BCUT2D eigenvalue weighted by molar-refractivity contribution is 7.10. The number of amides is 2.